The van der Waals surface area contributed by atoms with Gasteiger partial charge in [0.15, 0.2) is 0 Å². The number of carbonyl (C=O) groups excluding carboxylic acids is 1. The molecule has 0 rings (SSSR count). The number of hydrogen-bond donors (Lipinski definition) is 1. The molecule has 0 fully saturated rings. The van der Waals surface area contributed by atoms with Crippen LogP contribution in [0.15, 0.2) is 0 Å². The van der Waals surface area contributed by atoms with Crippen molar-refractivity contribution in [3.05, 3.63) is 7.40 Å². The molecule has 2 nitrogen and oxygen atoms in total. The van der Waals surface area contributed by atoms with Crippen LogP contribution in [0.25, 0.3) is 0 Å². The van der Waals surface area contributed by atoms with Gasteiger partial charge in [0.2, 0.25) is 6.08 Å². The Morgan fingerprint density at radius 3 is 1.05 bits per heavy atom. The molecule has 0 saturated heterocycles. The van der Waals surface area contributed by atoms with E-state index in [2.05, 4.69) is 35.1 Å². The molecule has 0 atom stereocenters. The average molecular weight is 357 g/mol. The Morgan fingerprint density at radius 1 is 1.00 bits per heavy atom. The van der Waals surface area contributed by atoms with E-state index in [-0.39, 0.29) is 47.6 Å². The summed E-state index contributed by atoms with van der Waals surface area (Å²) in [6, 6.07) is 0. The second-order valence-electron chi connectivity index (χ2n) is 3.02. The van der Waals surface area contributed by atoms with E-state index in [0.717, 1.165) is 6.08 Å². The van der Waals surface area contributed by atoms with Gasteiger partial charge >= 0.3 is 0 Å². The van der Waals surface area contributed by atoms with Gasteiger partial charge < -0.3 is 7.40 Å². The van der Waals surface area contributed by atoms with Gasteiger partial charge in [0.1, 0.15) is 0 Å². The van der Waals surface area contributed by atoms with Gasteiger partial charge in [-0.05, 0) is 5.41 Å². The number of rotatable bonds is 0. The molecule has 19 heavy (non-hydrogen) atoms. The number of hydrogen-bond acceptors (Lipinski definition) is 2. The van der Waals surface area contributed by atoms with E-state index in [1.807, 2.05) is 41.5 Å². The molecule has 0 aromatic rings. The van der Waals surface area contributed by atoms with Crippen LogP contribution in [0.2, 0.25) is 0 Å². The normalized spacial score (nSPS) is 5.53. The van der Waals surface area contributed by atoms with Gasteiger partial charge in [-0.25, -0.2) is 11.6 Å². The minimum atomic E-state index is 0. The van der Waals surface area contributed by atoms with Crippen molar-refractivity contribution in [2.75, 3.05) is 0 Å². The minimum absolute atomic E-state index is 0. The summed E-state index contributed by atoms with van der Waals surface area (Å²) in [6.07, 6.45) is 2.02. The monoisotopic (exact) mass is 357 g/mol. The minimum Gasteiger partial charge on any atom is -0.358 e. The maximum absolute atomic E-state index is 8.35. The molecular weight excluding hydrogens is 311 g/mol. The van der Waals surface area contributed by atoms with Crippen LogP contribution in [0.3, 0.4) is 0 Å². The maximum Gasteiger partial charge on any atom is 0.231 e. The standard InChI is InChI=1S/C6H14.3C2H6.CHNO.2CH4.CH3.Y/c1-5-6(2,3)4;3*1-2;2-1-3;;;;/h5H2,1-4H3;3*1-2H3;2H;2*1H4;1H3;/q;;;;;;;-1;/i;;;;;;;1T;. The largest absolute Gasteiger partial charge is 0.358 e. The van der Waals surface area contributed by atoms with Crippen LogP contribution in [-0.2, 0) is 37.5 Å². The SMILES string of the molecule is C.C.CC.CC.CC.CCC(C)(C)C.N=C=O.[3H][CH2-].[Y]. The first kappa shape index (κ1) is 50.5. The quantitative estimate of drug-likeness (QED) is 0.279. The first-order valence-electron chi connectivity index (χ1n) is 6.72. The van der Waals surface area contributed by atoms with Crippen molar-refractivity contribution in [2.45, 2.75) is 90.5 Å². The zero-order valence-electron chi connectivity index (χ0n) is 14.9. The summed E-state index contributed by atoms with van der Waals surface area (Å²) in [6.45, 7) is 20.9. The fraction of sp³-hybridized carbons (Fsp3) is 0.875. The van der Waals surface area contributed by atoms with Crippen LogP contribution >= 0.6 is 0 Å². The first-order valence-corrected chi connectivity index (χ1v) is 6.01. The van der Waals surface area contributed by atoms with Gasteiger partial charge in [0.05, 0.1) is 0 Å². The van der Waals surface area contributed by atoms with E-state index in [1.54, 1.807) is 0 Å². The van der Waals surface area contributed by atoms with Crippen molar-refractivity contribution in [1.82, 2.24) is 0 Å². The van der Waals surface area contributed by atoms with Crippen molar-refractivity contribution < 1.29 is 38.9 Å². The number of isocyanates is 1. The molecule has 0 unspecified atom stereocenters. The molecule has 3 heteroatoms. The van der Waals surface area contributed by atoms with E-state index in [1.165, 1.54) is 6.42 Å². The average Bonchev–Trinajstić information content (AvgIpc) is 2.39. The van der Waals surface area contributed by atoms with E-state index >= 15 is 0 Å². The van der Waals surface area contributed by atoms with E-state index in [0.29, 0.717) is 5.41 Å². The third-order valence-electron chi connectivity index (χ3n) is 1.06. The molecule has 123 valence electrons. The number of nitrogens with one attached hydrogen (secondary N) is 1. The van der Waals surface area contributed by atoms with Crippen molar-refractivity contribution >= 4 is 6.08 Å². The Bertz CT molecular complexity index is 99.1. The Morgan fingerprint density at radius 2 is 1.05 bits per heavy atom. The van der Waals surface area contributed by atoms with Gasteiger partial charge in [-0.1, -0.05) is 90.5 Å². The van der Waals surface area contributed by atoms with E-state index in [9.17, 15) is 0 Å². The predicted molar refractivity (Wildman–Crippen MR) is 92.1 cm³/mol. The molecule has 0 saturated carbocycles. The molecule has 0 aromatic carbocycles. The molecule has 0 heterocycles. The van der Waals surface area contributed by atoms with E-state index < -0.39 is 0 Å². The summed E-state index contributed by atoms with van der Waals surface area (Å²) in [5.74, 6) is 0. The van der Waals surface area contributed by atoms with Crippen LogP contribution in [-0.4, -0.2) is 6.08 Å². The van der Waals surface area contributed by atoms with Gasteiger partial charge in [-0.3, -0.25) is 0 Å². The Labute approximate surface area is 153 Å². The Kier molecular flexibility index (Phi) is 209. The molecule has 1 N–H and O–H groups in total. The third-order valence-corrected chi connectivity index (χ3v) is 1.06. The van der Waals surface area contributed by atoms with E-state index in [4.69, 9.17) is 11.6 Å². The van der Waals surface area contributed by atoms with Crippen LogP contribution in [0, 0.1) is 18.2 Å². The first-order chi connectivity index (χ1) is 7.97. The Balaban J connectivity index is -0.0000000110. The molecule has 0 aliphatic carbocycles. The summed E-state index contributed by atoms with van der Waals surface area (Å²) in [5.41, 5.74) is 0.542. The Hall–Kier alpha value is 0.484. The second kappa shape index (κ2) is 78.5. The van der Waals surface area contributed by atoms with Gasteiger partial charge in [0.25, 0.3) is 0 Å². The van der Waals surface area contributed by atoms with Crippen LogP contribution < -0.4 is 0 Å². The summed E-state index contributed by atoms with van der Waals surface area (Å²) >= 11 is 0. The van der Waals surface area contributed by atoms with Gasteiger partial charge in [-0.2, -0.15) is 0 Å². The summed E-state index contributed by atoms with van der Waals surface area (Å²) < 4.78 is 5.50. The fourth-order valence-electron chi connectivity index (χ4n) is 0. The predicted octanol–water partition coefficient (Wildman–Crippen LogP) is 7.14. The van der Waals surface area contributed by atoms with Crippen LogP contribution in [0.1, 0.15) is 91.9 Å². The molecule has 0 amide bonds. The summed E-state index contributed by atoms with van der Waals surface area (Å²) in [5, 5.41) is 5.40. The zero-order valence-corrected chi connectivity index (χ0v) is 16.7. The molecular formula is C16H44NOY-. The van der Waals surface area contributed by atoms with Gasteiger partial charge in [-0.15, -0.1) is 0 Å². The molecule has 0 bridgehead atoms. The maximum atomic E-state index is 8.35. The molecule has 0 aliphatic heterocycles. The molecule has 1 radical (unpaired) electrons. The molecule has 0 aromatic heterocycles. The smallest absolute Gasteiger partial charge is 0.231 e. The molecule has 0 spiro atoms. The van der Waals surface area contributed by atoms with Crippen LogP contribution in [0.5, 0.6) is 0 Å². The second-order valence-corrected chi connectivity index (χ2v) is 3.02. The molecule has 0 aliphatic rings. The third kappa shape index (κ3) is 414. The van der Waals surface area contributed by atoms with Crippen molar-refractivity contribution in [3.63, 3.8) is 0 Å². The summed E-state index contributed by atoms with van der Waals surface area (Å²) in [7, 11) is 2.50. The topological polar surface area (TPSA) is 40.9 Å². The van der Waals surface area contributed by atoms with Crippen molar-refractivity contribution in [2.24, 2.45) is 5.41 Å². The summed E-state index contributed by atoms with van der Waals surface area (Å²) in [4.78, 5) is 8.35. The van der Waals surface area contributed by atoms with Crippen LogP contribution in [0.4, 0.5) is 0 Å². The zero-order chi connectivity index (χ0) is 15.9. The van der Waals surface area contributed by atoms with Gasteiger partial charge in [0, 0.05) is 32.7 Å². The van der Waals surface area contributed by atoms with Crippen molar-refractivity contribution in [3.8, 4) is 0 Å². The van der Waals surface area contributed by atoms with Crippen molar-refractivity contribution in [1.29, 1.82) is 5.41 Å². The fourth-order valence-corrected chi connectivity index (χ4v) is 0.